The van der Waals surface area contributed by atoms with Crippen LogP contribution in [0.5, 0.6) is 0 Å². The van der Waals surface area contributed by atoms with Crippen LogP contribution in [-0.4, -0.2) is 52.1 Å². The Morgan fingerprint density at radius 3 is 2.81 bits per heavy atom. The lowest BCUT2D eigenvalue weighted by molar-refractivity contribution is -0.113. The fourth-order valence-electron chi connectivity index (χ4n) is 3.39. The zero-order valence-corrected chi connectivity index (χ0v) is 19.8. The number of hydrogen-bond donors (Lipinski definition) is 1. The van der Waals surface area contributed by atoms with E-state index in [9.17, 15) is 9.59 Å². The third-order valence-electron chi connectivity index (χ3n) is 4.82. The molecule has 3 aromatic rings. The van der Waals surface area contributed by atoms with Crippen molar-refractivity contribution in [1.29, 1.82) is 0 Å². The maximum Gasteiger partial charge on any atom is 0.341 e. The van der Waals surface area contributed by atoms with Crippen LogP contribution in [0.4, 0.5) is 10.9 Å². The van der Waals surface area contributed by atoms with Crippen LogP contribution in [-0.2, 0) is 9.53 Å². The van der Waals surface area contributed by atoms with Crippen molar-refractivity contribution in [3.8, 4) is 5.69 Å². The number of anilines is 2. The first-order valence-electron chi connectivity index (χ1n) is 10.2. The van der Waals surface area contributed by atoms with E-state index in [-0.39, 0.29) is 18.3 Å². The molecule has 8 nitrogen and oxygen atoms in total. The first-order chi connectivity index (χ1) is 15.6. The molecule has 32 heavy (non-hydrogen) atoms. The van der Waals surface area contributed by atoms with Gasteiger partial charge in [-0.3, -0.25) is 9.36 Å². The molecule has 11 heteroatoms. The number of ether oxygens (including phenoxy) is 1. The topological polar surface area (TPSA) is 89.3 Å². The first-order valence-corrected chi connectivity index (χ1v) is 12.4. The number of halogens is 1. The normalized spacial score (nSPS) is 13.4. The number of amides is 1. The summed E-state index contributed by atoms with van der Waals surface area (Å²) in [5.74, 6) is 0.160. The van der Waals surface area contributed by atoms with E-state index in [0.717, 1.165) is 37.6 Å². The van der Waals surface area contributed by atoms with Crippen LogP contribution < -0.4 is 10.2 Å². The Morgan fingerprint density at radius 2 is 2.06 bits per heavy atom. The number of hydrogen-bond acceptors (Lipinski definition) is 8. The molecule has 3 heterocycles. The van der Waals surface area contributed by atoms with Gasteiger partial charge in [-0.15, -0.1) is 21.5 Å². The van der Waals surface area contributed by atoms with Gasteiger partial charge in [-0.05, 0) is 49.4 Å². The van der Waals surface area contributed by atoms with Crippen LogP contribution in [0.15, 0.2) is 40.9 Å². The fraction of sp³-hybridized carbons (Fsp3) is 0.333. The number of esters is 1. The second-order valence-electron chi connectivity index (χ2n) is 7.01. The lowest BCUT2D eigenvalue weighted by atomic mass is 10.3. The Balaban J connectivity index is 1.51. The van der Waals surface area contributed by atoms with Gasteiger partial charge in [-0.25, -0.2) is 4.79 Å². The molecule has 0 spiro atoms. The van der Waals surface area contributed by atoms with E-state index in [0.29, 0.717) is 20.7 Å². The second kappa shape index (κ2) is 10.4. The smallest absolute Gasteiger partial charge is 0.341 e. The molecule has 1 fully saturated rings. The van der Waals surface area contributed by atoms with Gasteiger partial charge in [-0.2, -0.15) is 0 Å². The summed E-state index contributed by atoms with van der Waals surface area (Å²) in [6.07, 6.45) is 2.22. The Hall–Kier alpha value is -2.56. The lowest BCUT2D eigenvalue weighted by Gasteiger charge is -2.18. The molecule has 1 saturated heterocycles. The number of carbonyl (C=O) groups excluding carboxylic acids is 2. The van der Waals surface area contributed by atoms with E-state index in [1.54, 1.807) is 18.4 Å². The molecular weight excluding hydrogens is 470 g/mol. The minimum atomic E-state index is -0.451. The molecule has 1 aliphatic heterocycles. The van der Waals surface area contributed by atoms with E-state index < -0.39 is 5.97 Å². The van der Waals surface area contributed by atoms with E-state index in [1.807, 2.05) is 28.8 Å². The fourth-order valence-corrected chi connectivity index (χ4v) is 5.11. The third kappa shape index (κ3) is 5.08. The average molecular weight is 492 g/mol. The summed E-state index contributed by atoms with van der Waals surface area (Å²) in [5.41, 5.74) is 1.20. The number of benzene rings is 1. The molecule has 0 aliphatic carbocycles. The SMILES string of the molecule is CCOC(=O)c1ccsc1NC(=O)CSc1nnc(N2CCCC2)n1-c1cccc(Cl)c1. The molecule has 1 amide bonds. The van der Waals surface area contributed by atoms with Crippen LogP contribution in [0.25, 0.3) is 5.69 Å². The van der Waals surface area contributed by atoms with E-state index in [1.165, 1.54) is 23.1 Å². The maximum atomic E-state index is 12.6. The van der Waals surface area contributed by atoms with Crippen molar-refractivity contribution in [2.45, 2.75) is 24.9 Å². The minimum absolute atomic E-state index is 0.110. The molecule has 0 radical (unpaired) electrons. The minimum Gasteiger partial charge on any atom is -0.462 e. The van der Waals surface area contributed by atoms with Crippen molar-refractivity contribution < 1.29 is 14.3 Å². The van der Waals surface area contributed by atoms with Gasteiger partial charge in [0.05, 0.1) is 23.6 Å². The predicted molar refractivity (Wildman–Crippen MR) is 127 cm³/mol. The maximum absolute atomic E-state index is 12.6. The van der Waals surface area contributed by atoms with Crippen molar-refractivity contribution in [1.82, 2.24) is 14.8 Å². The van der Waals surface area contributed by atoms with Crippen LogP contribution >= 0.6 is 34.7 Å². The molecule has 0 bridgehead atoms. The van der Waals surface area contributed by atoms with Crippen molar-refractivity contribution in [2.75, 3.05) is 35.7 Å². The summed E-state index contributed by atoms with van der Waals surface area (Å²) in [7, 11) is 0. The number of carbonyl (C=O) groups is 2. The predicted octanol–water partition coefficient (Wildman–Crippen LogP) is 4.49. The number of nitrogens with zero attached hydrogens (tertiary/aromatic N) is 4. The number of nitrogens with one attached hydrogen (secondary N) is 1. The summed E-state index contributed by atoms with van der Waals surface area (Å²) in [6.45, 7) is 3.85. The average Bonchev–Trinajstić information content (AvgIpc) is 3.52. The van der Waals surface area contributed by atoms with E-state index >= 15 is 0 Å². The largest absolute Gasteiger partial charge is 0.462 e. The van der Waals surface area contributed by atoms with Gasteiger partial charge in [0, 0.05) is 18.1 Å². The van der Waals surface area contributed by atoms with Gasteiger partial charge in [0.1, 0.15) is 5.00 Å². The summed E-state index contributed by atoms with van der Waals surface area (Å²) < 4.78 is 6.97. The Bertz CT molecular complexity index is 1110. The lowest BCUT2D eigenvalue weighted by Crippen LogP contribution is -2.22. The molecule has 0 saturated carbocycles. The van der Waals surface area contributed by atoms with Gasteiger partial charge >= 0.3 is 5.97 Å². The summed E-state index contributed by atoms with van der Waals surface area (Å²) in [4.78, 5) is 26.8. The summed E-state index contributed by atoms with van der Waals surface area (Å²) >= 11 is 8.78. The second-order valence-corrected chi connectivity index (χ2v) is 9.31. The Labute approximate surface area is 198 Å². The molecule has 1 aliphatic rings. The number of thiophene rings is 1. The van der Waals surface area contributed by atoms with Gasteiger partial charge in [-0.1, -0.05) is 29.4 Å². The number of rotatable bonds is 8. The molecular formula is C21H22ClN5O3S2. The third-order valence-corrected chi connectivity index (χ3v) is 6.81. The zero-order chi connectivity index (χ0) is 22.5. The standard InChI is InChI=1S/C21H22ClN5O3S2/c1-2-30-19(29)16-8-11-31-18(16)23-17(28)13-32-21-25-24-20(26-9-3-4-10-26)27(21)15-7-5-6-14(22)12-15/h5-8,11-12H,2-4,9-10,13H2,1H3,(H,23,28). The van der Waals surface area contributed by atoms with Gasteiger partial charge in [0.15, 0.2) is 5.16 Å². The Morgan fingerprint density at radius 1 is 1.25 bits per heavy atom. The van der Waals surface area contributed by atoms with Gasteiger partial charge in [0.2, 0.25) is 11.9 Å². The highest BCUT2D eigenvalue weighted by Gasteiger charge is 2.23. The highest BCUT2D eigenvalue weighted by Crippen LogP contribution is 2.30. The molecule has 0 atom stereocenters. The monoisotopic (exact) mass is 491 g/mol. The van der Waals surface area contributed by atoms with Crippen LogP contribution in [0.2, 0.25) is 5.02 Å². The van der Waals surface area contributed by atoms with Crippen LogP contribution in [0.3, 0.4) is 0 Å². The highest BCUT2D eigenvalue weighted by atomic mass is 35.5. The van der Waals surface area contributed by atoms with Crippen molar-refractivity contribution in [3.63, 3.8) is 0 Å². The van der Waals surface area contributed by atoms with Crippen LogP contribution in [0.1, 0.15) is 30.1 Å². The van der Waals surface area contributed by atoms with Crippen molar-refractivity contribution in [2.24, 2.45) is 0 Å². The van der Waals surface area contributed by atoms with Gasteiger partial charge < -0.3 is 15.0 Å². The number of thioether (sulfide) groups is 1. The van der Waals surface area contributed by atoms with E-state index in [2.05, 4.69) is 20.4 Å². The number of aromatic nitrogens is 3. The molecule has 168 valence electrons. The van der Waals surface area contributed by atoms with Crippen LogP contribution in [0, 0.1) is 0 Å². The van der Waals surface area contributed by atoms with Crippen molar-refractivity contribution >= 4 is 57.5 Å². The molecule has 1 aromatic carbocycles. The molecule has 1 N–H and O–H groups in total. The zero-order valence-electron chi connectivity index (χ0n) is 17.4. The van der Waals surface area contributed by atoms with Gasteiger partial charge in [0.25, 0.3) is 0 Å². The van der Waals surface area contributed by atoms with Crippen molar-refractivity contribution in [3.05, 3.63) is 46.3 Å². The molecule has 0 unspecified atom stereocenters. The quantitative estimate of drug-likeness (QED) is 0.366. The molecule has 2 aromatic heterocycles. The molecule has 4 rings (SSSR count). The summed E-state index contributed by atoms with van der Waals surface area (Å²) in [6, 6.07) is 9.12. The van der Waals surface area contributed by atoms with E-state index in [4.69, 9.17) is 16.3 Å². The Kier molecular flexibility index (Phi) is 7.33. The first kappa shape index (κ1) is 22.6. The highest BCUT2D eigenvalue weighted by molar-refractivity contribution is 7.99. The summed E-state index contributed by atoms with van der Waals surface area (Å²) in [5, 5.41) is 15.0.